The van der Waals surface area contributed by atoms with Crippen molar-refractivity contribution in [1.29, 1.82) is 0 Å². The number of carbonyl (C=O) groups is 1. The van der Waals surface area contributed by atoms with Crippen molar-refractivity contribution in [1.82, 2.24) is 0 Å². The van der Waals surface area contributed by atoms with Crippen molar-refractivity contribution in [2.24, 2.45) is 0 Å². The Hall–Kier alpha value is -1.03. The van der Waals surface area contributed by atoms with Crippen LogP contribution in [0.5, 0.6) is 0 Å². The summed E-state index contributed by atoms with van der Waals surface area (Å²) < 4.78 is 45.5. The van der Waals surface area contributed by atoms with E-state index in [0.717, 1.165) is 96.9 Å². The van der Waals surface area contributed by atoms with E-state index in [4.69, 9.17) is 33.2 Å². The highest BCUT2D eigenvalue weighted by molar-refractivity contribution is 5.87. The molecule has 3 unspecified atom stereocenters. The third-order valence-electron chi connectivity index (χ3n) is 12.3. The van der Waals surface area contributed by atoms with Gasteiger partial charge in [-0.15, -0.1) is 0 Å². The Kier molecular flexibility index (Phi) is 8.65. The van der Waals surface area contributed by atoms with Crippen LogP contribution in [0.1, 0.15) is 124 Å². The van der Waals surface area contributed by atoms with Gasteiger partial charge in [0, 0.05) is 44.1 Å². The molecule has 8 nitrogen and oxygen atoms in total. The molecular formula is C35H56O8. The van der Waals surface area contributed by atoms with Gasteiger partial charge < -0.3 is 33.2 Å². The van der Waals surface area contributed by atoms with Crippen molar-refractivity contribution in [2.45, 2.75) is 163 Å². The van der Waals surface area contributed by atoms with Gasteiger partial charge in [0.05, 0.1) is 73.2 Å². The molecule has 0 aromatic heterocycles. The maximum atomic E-state index is 13.1. The molecule has 7 fully saturated rings. The van der Waals surface area contributed by atoms with Crippen LogP contribution in [0.25, 0.3) is 0 Å². The molecule has 4 bridgehead atoms. The van der Waals surface area contributed by atoms with Crippen LogP contribution in [-0.2, 0) is 38.0 Å². The minimum atomic E-state index is -0.717. The predicted molar refractivity (Wildman–Crippen MR) is 162 cm³/mol. The molecule has 7 aliphatic rings. The van der Waals surface area contributed by atoms with Gasteiger partial charge >= 0.3 is 5.97 Å². The zero-order chi connectivity index (χ0) is 30.5. The molecule has 8 heteroatoms. The summed E-state index contributed by atoms with van der Waals surface area (Å²) in [5.74, 6) is -0.337. The summed E-state index contributed by atoms with van der Waals surface area (Å²) in [5, 5.41) is 0. The minimum absolute atomic E-state index is 0.0662. The van der Waals surface area contributed by atoms with E-state index in [-0.39, 0.29) is 22.8 Å². The van der Waals surface area contributed by atoms with E-state index < -0.39 is 22.4 Å². The Morgan fingerprint density at radius 1 is 0.605 bits per heavy atom. The molecule has 0 aromatic rings. The molecule has 3 atom stereocenters. The van der Waals surface area contributed by atoms with Crippen LogP contribution >= 0.6 is 0 Å². The normalized spacial score (nSPS) is 44.4. The molecule has 43 heavy (non-hydrogen) atoms. The average molecular weight is 605 g/mol. The zero-order valence-electron chi connectivity index (χ0n) is 27.3. The van der Waals surface area contributed by atoms with Gasteiger partial charge in [0.2, 0.25) is 0 Å². The SMILES string of the molecule is C=C(C)C(=O)OC12CC3(OCCC4(CC)CCO4)CC(OCCC4(CC)CCO4)(CC(OCCC4(CC)CCO4)(C3)C1)C2. The molecule has 0 N–H and O–H groups in total. The fourth-order valence-corrected chi connectivity index (χ4v) is 9.62. The number of ether oxygens (including phenoxy) is 7. The lowest BCUT2D eigenvalue weighted by Gasteiger charge is -2.68. The maximum Gasteiger partial charge on any atom is 0.333 e. The third-order valence-corrected chi connectivity index (χ3v) is 12.3. The number of esters is 1. The van der Waals surface area contributed by atoms with Gasteiger partial charge in [-0.3, -0.25) is 0 Å². The molecule has 7 rings (SSSR count). The molecule has 3 heterocycles. The maximum absolute atomic E-state index is 13.1. The summed E-state index contributed by atoms with van der Waals surface area (Å²) in [5.41, 5.74) is -1.97. The van der Waals surface area contributed by atoms with E-state index in [2.05, 4.69) is 27.4 Å². The van der Waals surface area contributed by atoms with Crippen LogP contribution in [0.3, 0.4) is 0 Å². The molecule has 3 aliphatic heterocycles. The van der Waals surface area contributed by atoms with Gasteiger partial charge in [0.25, 0.3) is 0 Å². The fraction of sp³-hybridized carbons (Fsp3) is 0.914. The van der Waals surface area contributed by atoms with Crippen molar-refractivity contribution < 1.29 is 38.0 Å². The second kappa shape index (κ2) is 11.6. The summed E-state index contributed by atoms with van der Waals surface area (Å²) in [6.45, 7) is 16.6. The average Bonchev–Trinajstić information content (AvgIpc) is 2.87. The first kappa shape index (κ1) is 31.9. The van der Waals surface area contributed by atoms with Gasteiger partial charge in [0.1, 0.15) is 5.60 Å². The van der Waals surface area contributed by atoms with E-state index in [1.807, 2.05) is 0 Å². The largest absolute Gasteiger partial charge is 0.455 e. The standard InChI is InChI=1S/C35H56O8/c1-6-29(9-15-37-29)12-18-40-32-21-33(41-19-13-30(7-2)10-16-38-30)23-34(22-32,42-20-14-31(8-3)11-17-39-31)26-35(24-32,25-33)43-28(36)27(4)5/h4,6-26H2,1-3,5H3. The van der Waals surface area contributed by atoms with Gasteiger partial charge in [-0.25, -0.2) is 4.79 Å². The molecule has 0 radical (unpaired) electrons. The van der Waals surface area contributed by atoms with Crippen LogP contribution in [0.4, 0.5) is 0 Å². The Morgan fingerprint density at radius 2 is 0.907 bits per heavy atom. The third kappa shape index (κ3) is 6.10. The van der Waals surface area contributed by atoms with E-state index in [0.29, 0.717) is 44.7 Å². The first-order valence-electron chi connectivity index (χ1n) is 17.2. The van der Waals surface area contributed by atoms with Crippen LogP contribution in [0, 0.1) is 0 Å². The van der Waals surface area contributed by atoms with E-state index in [9.17, 15) is 4.79 Å². The minimum Gasteiger partial charge on any atom is -0.455 e. The monoisotopic (exact) mass is 604 g/mol. The summed E-state index contributed by atoms with van der Waals surface area (Å²) in [4.78, 5) is 13.1. The van der Waals surface area contributed by atoms with Crippen LogP contribution < -0.4 is 0 Å². The van der Waals surface area contributed by atoms with E-state index >= 15 is 0 Å². The van der Waals surface area contributed by atoms with E-state index in [1.54, 1.807) is 6.92 Å². The molecule has 3 saturated heterocycles. The highest BCUT2D eigenvalue weighted by atomic mass is 16.6. The number of hydrogen-bond acceptors (Lipinski definition) is 8. The van der Waals surface area contributed by atoms with Gasteiger partial charge in [0.15, 0.2) is 0 Å². The van der Waals surface area contributed by atoms with Crippen molar-refractivity contribution in [3.63, 3.8) is 0 Å². The second-order valence-corrected chi connectivity index (χ2v) is 15.2. The van der Waals surface area contributed by atoms with Crippen molar-refractivity contribution in [2.75, 3.05) is 39.6 Å². The molecule has 0 spiro atoms. The first-order chi connectivity index (χ1) is 20.5. The Labute approximate surface area is 258 Å². The van der Waals surface area contributed by atoms with Gasteiger partial charge in [-0.1, -0.05) is 27.4 Å². The number of hydrogen-bond donors (Lipinski definition) is 0. The summed E-state index contributed by atoms with van der Waals surface area (Å²) in [6.07, 6.45) is 13.2. The fourth-order valence-electron chi connectivity index (χ4n) is 9.62. The van der Waals surface area contributed by atoms with Crippen LogP contribution in [0.2, 0.25) is 0 Å². The lowest BCUT2D eigenvalue weighted by atomic mass is 9.48. The van der Waals surface area contributed by atoms with Crippen LogP contribution in [-0.4, -0.2) is 84.8 Å². The number of carbonyl (C=O) groups excluding carboxylic acids is 1. The first-order valence-corrected chi connectivity index (χ1v) is 17.2. The Bertz CT molecular complexity index is 909. The van der Waals surface area contributed by atoms with Crippen molar-refractivity contribution in [3.05, 3.63) is 12.2 Å². The lowest BCUT2D eigenvalue weighted by Crippen LogP contribution is -2.74. The molecule has 4 saturated carbocycles. The van der Waals surface area contributed by atoms with Crippen molar-refractivity contribution in [3.8, 4) is 0 Å². The molecule has 0 amide bonds. The van der Waals surface area contributed by atoms with Gasteiger partial charge in [-0.2, -0.15) is 0 Å². The van der Waals surface area contributed by atoms with Crippen molar-refractivity contribution >= 4 is 5.97 Å². The zero-order valence-corrected chi connectivity index (χ0v) is 27.3. The molecule has 0 aromatic carbocycles. The topological polar surface area (TPSA) is 81.7 Å². The summed E-state index contributed by atoms with van der Waals surface area (Å²) in [7, 11) is 0. The number of rotatable bonds is 17. The molecule has 4 aliphatic carbocycles. The predicted octanol–water partition coefficient (Wildman–Crippen LogP) is 6.37. The van der Waals surface area contributed by atoms with E-state index in [1.165, 1.54) is 0 Å². The van der Waals surface area contributed by atoms with Gasteiger partial charge in [-0.05, 0) is 64.7 Å². The second-order valence-electron chi connectivity index (χ2n) is 15.2. The lowest BCUT2D eigenvalue weighted by molar-refractivity contribution is -0.331. The molecular weight excluding hydrogens is 548 g/mol. The molecule has 244 valence electrons. The smallest absolute Gasteiger partial charge is 0.333 e. The Balaban J connectivity index is 1.26. The summed E-state index contributed by atoms with van der Waals surface area (Å²) in [6, 6.07) is 0. The quantitative estimate of drug-likeness (QED) is 0.140. The highest BCUT2D eigenvalue weighted by Crippen LogP contribution is 2.66. The van der Waals surface area contributed by atoms with Crippen LogP contribution in [0.15, 0.2) is 12.2 Å². The highest BCUT2D eigenvalue weighted by Gasteiger charge is 2.72. The Morgan fingerprint density at radius 3 is 1.14 bits per heavy atom. The summed E-state index contributed by atoms with van der Waals surface area (Å²) >= 11 is 0.